The number of aliphatic hydroxyl groups is 1. The highest BCUT2D eigenvalue weighted by Gasteiger charge is 2.38. The van der Waals surface area contributed by atoms with E-state index in [1.807, 2.05) is 48.5 Å². The van der Waals surface area contributed by atoms with Crippen molar-refractivity contribution in [2.24, 2.45) is 11.3 Å². The number of Topliss-reactive ketones (excluding diaryl/α,β-unsaturated/α-hetero) is 3. The van der Waals surface area contributed by atoms with Crippen LogP contribution in [0.3, 0.4) is 0 Å². The molecule has 0 aromatic carbocycles. The first-order valence-electron chi connectivity index (χ1n) is 17.4. The van der Waals surface area contributed by atoms with E-state index in [1.165, 1.54) is 13.8 Å². The second-order valence-corrected chi connectivity index (χ2v) is 13.3. The summed E-state index contributed by atoms with van der Waals surface area (Å²) in [7, 11) is 0. The molecule has 3 atom stereocenters. The van der Waals surface area contributed by atoms with Crippen LogP contribution in [0.5, 0.6) is 0 Å². The van der Waals surface area contributed by atoms with Gasteiger partial charge in [0.05, 0.1) is 13.2 Å². The van der Waals surface area contributed by atoms with Gasteiger partial charge in [-0.05, 0) is 53.9 Å². The molecule has 1 amide bonds. The molecule has 0 saturated carbocycles. The maximum absolute atomic E-state index is 12.3. The summed E-state index contributed by atoms with van der Waals surface area (Å²) in [6.07, 6.45) is 0.203. The molecule has 292 valence electrons. The number of esters is 2. The number of carbonyl (C=O) groups excluding carboxylic acids is 6. The Morgan fingerprint density at radius 1 is 0.840 bits per heavy atom. The molecule has 0 rings (SSSR count). The minimum atomic E-state index is -1.27. The number of carbonyl (C=O) groups is 6. The van der Waals surface area contributed by atoms with Crippen molar-refractivity contribution < 1.29 is 57.6 Å². The lowest BCUT2D eigenvalue weighted by molar-refractivity contribution is -0.164. The smallest absolute Gasteiger partial charge is 0.330 e. The van der Waals surface area contributed by atoms with Crippen LogP contribution in [0.4, 0.5) is 0 Å². The van der Waals surface area contributed by atoms with E-state index in [0.29, 0.717) is 6.42 Å². The van der Waals surface area contributed by atoms with Crippen LogP contribution >= 0.6 is 0 Å². The second-order valence-electron chi connectivity index (χ2n) is 13.3. The molecule has 0 aliphatic rings. The van der Waals surface area contributed by atoms with Crippen molar-refractivity contribution in [2.75, 3.05) is 33.0 Å². The standard InChI is InChI=1S/C19H33NO7.C16H28O5.C2H6/c1-6-8-9-15(21)17(23)19(4,5)27-14(3)18(24)20-10-11-25-12-13-26-16(22)7-2;1-10(2)15(5,6)13(18)9-20-16(7,8)14(19)11(3)21-12(4)17;1-2/h7,14-15,21H,2,6,8-13H2,1,3-5H3,(H,20,24);10-11H,9H2,1-8H3;1-2H3. The third kappa shape index (κ3) is 21.3. The molecule has 50 heavy (non-hydrogen) atoms. The van der Waals surface area contributed by atoms with Crippen molar-refractivity contribution in [1.82, 2.24) is 5.32 Å². The zero-order valence-corrected chi connectivity index (χ0v) is 33.2. The van der Waals surface area contributed by atoms with Gasteiger partial charge < -0.3 is 34.1 Å². The van der Waals surface area contributed by atoms with Crippen LogP contribution in [-0.2, 0) is 52.5 Å². The van der Waals surface area contributed by atoms with Crippen molar-refractivity contribution in [1.29, 1.82) is 0 Å². The lowest BCUT2D eigenvalue weighted by atomic mass is 9.77. The van der Waals surface area contributed by atoms with Crippen molar-refractivity contribution in [3.05, 3.63) is 12.7 Å². The first-order chi connectivity index (χ1) is 23.0. The van der Waals surface area contributed by atoms with Crippen molar-refractivity contribution in [3.8, 4) is 0 Å². The summed E-state index contributed by atoms with van der Waals surface area (Å²) in [5.74, 6) is -2.12. The van der Waals surface area contributed by atoms with E-state index in [9.17, 15) is 33.9 Å². The molecule has 0 aliphatic carbocycles. The number of hydrogen-bond acceptors (Lipinski definition) is 12. The van der Waals surface area contributed by atoms with Crippen molar-refractivity contribution in [2.45, 2.75) is 146 Å². The van der Waals surface area contributed by atoms with Gasteiger partial charge in [0, 0.05) is 25.0 Å². The fraction of sp³-hybridized carbons (Fsp3) is 0.784. The highest BCUT2D eigenvalue weighted by atomic mass is 16.6. The van der Waals surface area contributed by atoms with E-state index in [4.69, 9.17) is 23.7 Å². The predicted octanol–water partition coefficient (Wildman–Crippen LogP) is 4.73. The normalized spacial score (nSPS) is 13.3. The second kappa shape index (κ2) is 25.9. The quantitative estimate of drug-likeness (QED) is 0.0844. The Bertz CT molecular complexity index is 1060. The molecule has 0 aromatic heterocycles. The molecule has 0 saturated heterocycles. The molecule has 0 aliphatic heterocycles. The van der Waals surface area contributed by atoms with Crippen LogP contribution in [0, 0.1) is 11.3 Å². The Labute approximate surface area is 300 Å². The fourth-order valence-corrected chi connectivity index (χ4v) is 3.85. The average Bonchev–Trinajstić information content (AvgIpc) is 3.04. The van der Waals surface area contributed by atoms with Crippen LogP contribution in [0.1, 0.15) is 116 Å². The third-order valence-electron chi connectivity index (χ3n) is 7.78. The van der Waals surface area contributed by atoms with E-state index < -0.39 is 52.7 Å². The van der Waals surface area contributed by atoms with Gasteiger partial charge in [-0.1, -0.05) is 67.9 Å². The highest BCUT2D eigenvalue weighted by molar-refractivity contribution is 5.92. The molecule has 2 N–H and O–H groups in total. The molecule has 0 heterocycles. The zero-order valence-electron chi connectivity index (χ0n) is 33.2. The number of nitrogens with one attached hydrogen (secondary N) is 1. The molecule has 0 aromatic rings. The van der Waals surface area contributed by atoms with E-state index >= 15 is 0 Å². The maximum Gasteiger partial charge on any atom is 0.330 e. The molecule has 13 nitrogen and oxygen atoms in total. The third-order valence-corrected chi connectivity index (χ3v) is 7.78. The Balaban J connectivity index is -0.000000865. The molecular weight excluding hydrogens is 650 g/mol. The Kier molecular flexibility index (Phi) is 26.6. The number of ether oxygens (including phenoxy) is 5. The Hall–Kier alpha value is -3.00. The van der Waals surface area contributed by atoms with Gasteiger partial charge in [0.1, 0.15) is 36.6 Å². The van der Waals surface area contributed by atoms with Crippen LogP contribution < -0.4 is 5.32 Å². The van der Waals surface area contributed by atoms with Gasteiger partial charge in [-0.15, -0.1) is 0 Å². The van der Waals surface area contributed by atoms with Crippen molar-refractivity contribution >= 4 is 35.2 Å². The topological polar surface area (TPSA) is 181 Å². The first kappa shape index (κ1) is 51.4. The molecule has 0 radical (unpaired) electrons. The summed E-state index contributed by atoms with van der Waals surface area (Å²) in [6.45, 7) is 28.1. The van der Waals surface area contributed by atoms with Gasteiger partial charge in [-0.25, -0.2) is 4.79 Å². The van der Waals surface area contributed by atoms with Crippen LogP contribution in [0.25, 0.3) is 0 Å². The summed E-state index contributed by atoms with van der Waals surface area (Å²) in [6, 6.07) is 0. The van der Waals surface area contributed by atoms with E-state index in [0.717, 1.165) is 18.9 Å². The first-order valence-corrected chi connectivity index (χ1v) is 17.4. The average molecular weight is 718 g/mol. The number of aliphatic hydroxyl groups excluding tert-OH is 1. The summed E-state index contributed by atoms with van der Waals surface area (Å²) in [5, 5.41) is 12.6. The Morgan fingerprint density at radius 3 is 1.88 bits per heavy atom. The minimum absolute atomic E-state index is 0.0569. The van der Waals surface area contributed by atoms with Crippen LogP contribution in [0.2, 0.25) is 0 Å². The highest BCUT2D eigenvalue weighted by Crippen LogP contribution is 2.28. The summed E-state index contributed by atoms with van der Waals surface area (Å²) >= 11 is 0. The summed E-state index contributed by atoms with van der Waals surface area (Å²) in [5.41, 5.74) is -2.96. The molecule has 0 fully saturated rings. The predicted molar refractivity (Wildman–Crippen MR) is 191 cm³/mol. The molecule has 0 bridgehead atoms. The molecular formula is C37H67NO12. The lowest BCUT2D eigenvalue weighted by Crippen LogP contribution is -2.48. The van der Waals surface area contributed by atoms with Gasteiger partial charge in [-0.2, -0.15) is 0 Å². The van der Waals surface area contributed by atoms with Gasteiger partial charge in [0.25, 0.3) is 0 Å². The van der Waals surface area contributed by atoms with E-state index in [2.05, 4.69) is 11.9 Å². The number of unbranched alkanes of at least 4 members (excludes halogenated alkanes) is 1. The molecule has 13 heteroatoms. The summed E-state index contributed by atoms with van der Waals surface area (Å²) < 4.78 is 25.9. The van der Waals surface area contributed by atoms with Crippen molar-refractivity contribution in [3.63, 3.8) is 0 Å². The Morgan fingerprint density at radius 2 is 1.40 bits per heavy atom. The fourth-order valence-electron chi connectivity index (χ4n) is 3.85. The van der Waals surface area contributed by atoms with E-state index in [-0.39, 0.29) is 56.4 Å². The number of amides is 1. The van der Waals surface area contributed by atoms with E-state index in [1.54, 1.807) is 34.6 Å². The van der Waals surface area contributed by atoms with Gasteiger partial charge in [-0.3, -0.25) is 24.0 Å². The zero-order chi connectivity index (χ0) is 39.9. The largest absolute Gasteiger partial charge is 0.460 e. The van der Waals surface area contributed by atoms with Gasteiger partial charge >= 0.3 is 11.9 Å². The number of ketones is 3. The maximum atomic E-state index is 12.3. The minimum Gasteiger partial charge on any atom is -0.460 e. The lowest BCUT2D eigenvalue weighted by Gasteiger charge is -2.31. The van der Waals surface area contributed by atoms with Crippen LogP contribution in [-0.4, -0.2) is 103 Å². The van der Waals surface area contributed by atoms with Crippen LogP contribution in [0.15, 0.2) is 12.7 Å². The monoisotopic (exact) mass is 717 g/mol. The SMILES string of the molecule is C=CC(=O)OCCOCCNC(=O)C(C)OC(C)(C)C(=O)C(O)CCCC.CC.CC(=O)OC(C)C(=O)C(C)(C)OCC(=O)C(C)(C)C(C)C. The molecule has 0 spiro atoms. The molecule has 3 unspecified atom stereocenters. The van der Waals surface area contributed by atoms with Gasteiger partial charge in [0.15, 0.2) is 17.7 Å². The summed E-state index contributed by atoms with van der Waals surface area (Å²) in [4.78, 5) is 70.4. The number of hydrogen-bond donors (Lipinski definition) is 2. The van der Waals surface area contributed by atoms with Gasteiger partial charge in [0.2, 0.25) is 11.7 Å². The number of rotatable bonds is 23.